The van der Waals surface area contributed by atoms with Gasteiger partial charge in [0.1, 0.15) is 6.54 Å². The predicted octanol–water partition coefficient (Wildman–Crippen LogP) is 0.698. The van der Waals surface area contributed by atoms with E-state index in [2.05, 4.69) is 25.7 Å². The molecule has 0 unspecified atom stereocenters. The number of hydrogen-bond donors (Lipinski definition) is 3. The number of rotatable bonds is 5. The Labute approximate surface area is 129 Å². The van der Waals surface area contributed by atoms with Crippen LogP contribution in [-0.2, 0) is 17.9 Å². The Balaban J connectivity index is 1.57. The van der Waals surface area contributed by atoms with Gasteiger partial charge in [0.15, 0.2) is 0 Å². The van der Waals surface area contributed by atoms with Gasteiger partial charge in [-0.2, -0.15) is 5.10 Å². The zero-order chi connectivity index (χ0) is 15.4. The molecule has 118 valence electrons. The van der Waals surface area contributed by atoms with Crippen LogP contribution in [0.3, 0.4) is 0 Å². The molecule has 1 atom stereocenters. The fraction of sp³-hybridized carbons (Fsp3) is 0.533. The number of piperidine rings is 1. The number of hydrogen-bond acceptors (Lipinski definition) is 4. The SMILES string of the molecule is Cc1[nH]cnc1CNC(=O)Cn1nccc1[C@@H]1CCCNC1. The van der Waals surface area contributed by atoms with Crippen molar-refractivity contribution in [3.8, 4) is 0 Å². The second kappa shape index (κ2) is 6.74. The monoisotopic (exact) mass is 302 g/mol. The lowest BCUT2D eigenvalue weighted by Gasteiger charge is -2.23. The largest absolute Gasteiger partial charge is 0.349 e. The second-order valence-electron chi connectivity index (χ2n) is 5.71. The van der Waals surface area contributed by atoms with Gasteiger partial charge in [-0.15, -0.1) is 0 Å². The first-order valence-electron chi connectivity index (χ1n) is 7.72. The van der Waals surface area contributed by atoms with Crippen molar-refractivity contribution in [1.29, 1.82) is 0 Å². The molecule has 0 spiro atoms. The molecule has 1 amide bonds. The molecular formula is C15H22N6O. The molecule has 3 N–H and O–H groups in total. The first-order valence-corrected chi connectivity index (χ1v) is 7.72. The van der Waals surface area contributed by atoms with Gasteiger partial charge in [0.25, 0.3) is 0 Å². The Morgan fingerprint density at radius 2 is 2.45 bits per heavy atom. The normalized spacial score (nSPS) is 18.3. The zero-order valence-corrected chi connectivity index (χ0v) is 12.8. The third-order valence-corrected chi connectivity index (χ3v) is 4.15. The van der Waals surface area contributed by atoms with E-state index in [0.29, 0.717) is 12.5 Å². The van der Waals surface area contributed by atoms with E-state index in [-0.39, 0.29) is 12.5 Å². The van der Waals surface area contributed by atoms with E-state index in [1.54, 1.807) is 12.5 Å². The van der Waals surface area contributed by atoms with Gasteiger partial charge in [-0.3, -0.25) is 9.48 Å². The van der Waals surface area contributed by atoms with Crippen LogP contribution >= 0.6 is 0 Å². The average Bonchev–Trinajstić information content (AvgIpc) is 3.15. The van der Waals surface area contributed by atoms with E-state index in [4.69, 9.17) is 0 Å². The maximum Gasteiger partial charge on any atom is 0.242 e. The van der Waals surface area contributed by atoms with Crippen LogP contribution in [0.2, 0.25) is 0 Å². The summed E-state index contributed by atoms with van der Waals surface area (Å²) in [4.78, 5) is 19.3. The Hall–Kier alpha value is -2.15. The third kappa shape index (κ3) is 3.36. The van der Waals surface area contributed by atoms with Gasteiger partial charge >= 0.3 is 0 Å². The Bertz CT molecular complexity index is 626. The molecule has 2 aromatic rings. The number of nitrogens with one attached hydrogen (secondary N) is 3. The summed E-state index contributed by atoms with van der Waals surface area (Å²) < 4.78 is 1.81. The van der Waals surface area contributed by atoms with Gasteiger partial charge in [0.05, 0.1) is 18.6 Å². The third-order valence-electron chi connectivity index (χ3n) is 4.15. The number of aryl methyl sites for hydroxylation is 1. The molecule has 0 radical (unpaired) electrons. The number of amides is 1. The summed E-state index contributed by atoms with van der Waals surface area (Å²) in [5.74, 6) is 0.397. The van der Waals surface area contributed by atoms with Crippen LogP contribution in [0.4, 0.5) is 0 Å². The fourth-order valence-electron chi connectivity index (χ4n) is 2.87. The summed E-state index contributed by atoms with van der Waals surface area (Å²) in [5, 5.41) is 10.6. The number of imidazole rings is 1. The van der Waals surface area contributed by atoms with Crippen LogP contribution in [0.1, 0.15) is 35.8 Å². The molecule has 1 fully saturated rings. The van der Waals surface area contributed by atoms with Crippen molar-refractivity contribution in [2.24, 2.45) is 0 Å². The minimum Gasteiger partial charge on any atom is -0.349 e. The number of H-pyrrole nitrogens is 1. The maximum absolute atomic E-state index is 12.1. The smallest absolute Gasteiger partial charge is 0.242 e. The van der Waals surface area contributed by atoms with Crippen LogP contribution < -0.4 is 10.6 Å². The van der Waals surface area contributed by atoms with E-state index in [1.807, 2.05) is 17.7 Å². The van der Waals surface area contributed by atoms with Crippen molar-refractivity contribution in [2.75, 3.05) is 13.1 Å². The topological polar surface area (TPSA) is 87.6 Å². The molecule has 0 aliphatic carbocycles. The molecule has 3 heterocycles. The molecule has 2 aromatic heterocycles. The molecule has 7 heteroatoms. The van der Waals surface area contributed by atoms with E-state index in [0.717, 1.165) is 36.6 Å². The Morgan fingerprint density at radius 3 is 3.18 bits per heavy atom. The molecule has 1 aliphatic rings. The van der Waals surface area contributed by atoms with Crippen molar-refractivity contribution in [2.45, 2.75) is 38.8 Å². The molecule has 7 nitrogen and oxygen atoms in total. The van der Waals surface area contributed by atoms with Gasteiger partial charge < -0.3 is 15.6 Å². The van der Waals surface area contributed by atoms with Gasteiger partial charge in [-0.05, 0) is 32.4 Å². The fourth-order valence-corrected chi connectivity index (χ4v) is 2.87. The molecule has 0 aromatic carbocycles. The molecule has 1 aliphatic heterocycles. The summed E-state index contributed by atoms with van der Waals surface area (Å²) in [6.45, 7) is 4.67. The maximum atomic E-state index is 12.1. The molecule has 22 heavy (non-hydrogen) atoms. The van der Waals surface area contributed by atoms with Gasteiger partial charge in [-0.25, -0.2) is 4.98 Å². The summed E-state index contributed by atoms with van der Waals surface area (Å²) in [6, 6.07) is 2.02. The average molecular weight is 302 g/mol. The van der Waals surface area contributed by atoms with Crippen LogP contribution in [-0.4, -0.2) is 38.7 Å². The lowest BCUT2D eigenvalue weighted by molar-refractivity contribution is -0.122. The highest BCUT2D eigenvalue weighted by Gasteiger charge is 2.19. The number of nitrogens with zero attached hydrogens (tertiary/aromatic N) is 3. The zero-order valence-electron chi connectivity index (χ0n) is 12.8. The second-order valence-corrected chi connectivity index (χ2v) is 5.71. The summed E-state index contributed by atoms with van der Waals surface area (Å²) >= 11 is 0. The van der Waals surface area contributed by atoms with Crippen molar-refractivity contribution in [3.63, 3.8) is 0 Å². The van der Waals surface area contributed by atoms with Crippen LogP contribution in [0.25, 0.3) is 0 Å². The van der Waals surface area contributed by atoms with Crippen molar-refractivity contribution >= 4 is 5.91 Å². The molecule has 3 rings (SSSR count). The summed E-state index contributed by atoms with van der Waals surface area (Å²) in [5.41, 5.74) is 2.98. The van der Waals surface area contributed by atoms with E-state index in [1.165, 1.54) is 6.42 Å². The molecule has 1 saturated heterocycles. The lowest BCUT2D eigenvalue weighted by atomic mass is 9.96. The first kappa shape index (κ1) is 14.8. The van der Waals surface area contributed by atoms with Crippen LogP contribution in [0.5, 0.6) is 0 Å². The minimum absolute atomic E-state index is 0.0453. The van der Waals surface area contributed by atoms with Gasteiger partial charge in [-0.1, -0.05) is 0 Å². The lowest BCUT2D eigenvalue weighted by Crippen LogP contribution is -2.32. The highest BCUT2D eigenvalue weighted by atomic mass is 16.2. The van der Waals surface area contributed by atoms with Crippen molar-refractivity contribution in [3.05, 3.63) is 35.7 Å². The van der Waals surface area contributed by atoms with Crippen LogP contribution in [0.15, 0.2) is 18.6 Å². The molecule has 0 bridgehead atoms. The standard InChI is InChI=1S/C15H22N6O/c1-11-13(19-10-18-11)8-17-15(22)9-21-14(4-6-20-21)12-3-2-5-16-7-12/h4,6,10,12,16H,2-3,5,7-9H2,1H3,(H,17,22)(H,18,19)/t12-/m1/s1. The highest BCUT2D eigenvalue weighted by molar-refractivity contribution is 5.75. The first-order chi connectivity index (χ1) is 10.7. The van der Waals surface area contributed by atoms with E-state index >= 15 is 0 Å². The number of aromatic nitrogens is 4. The number of carbonyl (C=O) groups is 1. The Morgan fingerprint density at radius 1 is 1.55 bits per heavy atom. The van der Waals surface area contributed by atoms with E-state index < -0.39 is 0 Å². The van der Waals surface area contributed by atoms with Crippen molar-refractivity contribution in [1.82, 2.24) is 30.4 Å². The highest BCUT2D eigenvalue weighted by Crippen LogP contribution is 2.22. The van der Waals surface area contributed by atoms with Crippen LogP contribution in [0, 0.1) is 6.92 Å². The van der Waals surface area contributed by atoms with E-state index in [9.17, 15) is 4.79 Å². The Kier molecular flexibility index (Phi) is 4.53. The quantitative estimate of drug-likeness (QED) is 0.758. The number of carbonyl (C=O) groups excluding carboxylic acids is 1. The number of aromatic amines is 1. The summed E-state index contributed by atoms with van der Waals surface area (Å²) in [6.07, 6.45) is 5.72. The predicted molar refractivity (Wildman–Crippen MR) is 82.2 cm³/mol. The van der Waals surface area contributed by atoms with Gasteiger partial charge in [0.2, 0.25) is 5.91 Å². The molecular weight excluding hydrogens is 280 g/mol. The minimum atomic E-state index is -0.0453. The van der Waals surface area contributed by atoms with Gasteiger partial charge in [0, 0.05) is 30.0 Å². The van der Waals surface area contributed by atoms with Crippen molar-refractivity contribution < 1.29 is 4.79 Å². The molecule has 0 saturated carbocycles. The summed E-state index contributed by atoms with van der Waals surface area (Å²) in [7, 11) is 0.